The van der Waals surface area contributed by atoms with Crippen LogP contribution in [-0.2, 0) is 16.6 Å². The molecule has 5 heteroatoms. The van der Waals surface area contributed by atoms with Crippen molar-refractivity contribution < 1.29 is 9.32 Å². The average molecular weight is 325 g/mol. The molecular weight excluding hydrogens is 302 g/mol. The lowest BCUT2D eigenvalue weighted by atomic mass is 9.92. The monoisotopic (exact) mass is 325 g/mol. The minimum absolute atomic E-state index is 0.125. The van der Waals surface area contributed by atoms with Crippen molar-refractivity contribution >= 4 is 5.91 Å². The molecular formula is C19H23N3O2. The SMILES string of the molecule is CC(=O)N1CCCC(c2nc(CC3(c4ccccc4)CC3)no2)C1. The van der Waals surface area contributed by atoms with Gasteiger partial charge in [0.1, 0.15) is 0 Å². The van der Waals surface area contributed by atoms with Gasteiger partial charge in [0, 0.05) is 31.8 Å². The molecule has 0 bridgehead atoms. The maximum Gasteiger partial charge on any atom is 0.231 e. The van der Waals surface area contributed by atoms with Gasteiger partial charge in [0.2, 0.25) is 11.8 Å². The van der Waals surface area contributed by atoms with Gasteiger partial charge >= 0.3 is 0 Å². The molecule has 1 aromatic heterocycles. The molecule has 1 saturated carbocycles. The number of carbonyl (C=O) groups excluding carboxylic acids is 1. The molecule has 24 heavy (non-hydrogen) atoms. The molecule has 1 atom stereocenters. The minimum Gasteiger partial charge on any atom is -0.342 e. The lowest BCUT2D eigenvalue weighted by Crippen LogP contribution is -2.37. The van der Waals surface area contributed by atoms with E-state index in [1.807, 2.05) is 4.90 Å². The maximum absolute atomic E-state index is 11.6. The summed E-state index contributed by atoms with van der Waals surface area (Å²) in [6, 6.07) is 10.6. The lowest BCUT2D eigenvalue weighted by molar-refractivity contribution is -0.130. The van der Waals surface area contributed by atoms with Crippen molar-refractivity contribution in [2.24, 2.45) is 0 Å². The second-order valence-corrected chi connectivity index (χ2v) is 7.18. The van der Waals surface area contributed by atoms with Crippen LogP contribution in [0.2, 0.25) is 0 Å². The molecule has 2 aliphatic rings. The van der Waals surface area contributed by atoms with Crippen LogP contribution in [0.25, 0.3) is 0 Å². The van der Waals surface area contributed by atoms with Crippen LogP contribution in [0.15, 0.2) is 34.9 Å². The normalized spacial score (nSPS) is 22.4. The fourth-order valence-corrected chi connectivity index (χ4v) is 3.78. The van der Waals surface area contributed by atoms with Crippen LogP contribution in [0, 0.1) is 0 Å². The average Bonchev–Trinajstić information content (AvgIpc) is 3.25. The quantitative estimate of drug-likeness (QED) is 0.867. The highest BCUT2D eigenvalue weighted by molar-refractivity contribution is 5.73. The first-order valence-electron chi connectivity index (χ1n) is 8.80. The highest BCUT2D eigenvalue weighted by atomic mass is 16.5. The largest absolute Gasteiger partial charge is 0.342 e. The van der Waals surface area contributed by atoms with Crippen molar-refractivity contribution in [3.63, 3.8) is 0 Å². The Morgan fingerprint density at radius 2 is 2.12 bits per heavy atom. The summed E-state index contributed by atoms with van der Waals surface area (Å²) in [6.07, 6.45) is 5.21. The van der Waals surface area contributed by atoms with Crippen molar-refractivity contribution in [1.29, 1.82) is 0 Å². The lowest BCUT2D eigenvalue weighted by Gasteiger charge is -2.30. The molecule has 0 N–H and O–H groups in total. The van der Waals surface area contributed by atoms with Crippen LogP contribution >= 0.6 is 0 Å². The number of piperidine rings is 1. The van der Waals surface area contributed by atoms with Crippen LogP contribution in [0.5, 0.6) is 0 Å². The Kier molecular flexibility index (Phi) is 3.87. The molecule has 1 aliphatic carbocycles. The molecule has 1 saturated heterocycles. The Labute approximate surface area is 142 Å². The van der Waals surface area contributed by atoms with Crippen LogP contribution in [0.3, 0.4) is 0 Å². The highest BCUT2D eigenvalue weighted by Crippen LogP contribution is 2.50. The molecule has 2 aromatic rings. The first-order valence-corrected chi connectivity index (χ1v) is 8.80. The zero-order chi connectivity index (χ0) is 16.6. The second kappa shape index (κ2) is 6.04. The number of aromatic nitrogens is 2. The van der Waals surface area contributed by atoms with E-state index in [2.05, 4.69) is 40.5 Å². The van der Waals surface area contributed by atoms with Crippen LogP contribution in [0.1, 0.15) is 55.8 Å². The predicted octanol–water partition coefficient (Wildman–Crippen LogP) is 3.07. The second-order valence-electron chi connectivity index (χ2n) is 7.18. The van der Waals surface area contributed by atoms with Crippen molar-refractivity contribution in [2.45, 2.75) is 50.4 Å². The van der Waals surface area contributed by atoms with Gasteiger partial charge in [-0.1, -0.05) is 35.5 Å². The molecule has 0 radical (unpaired) electrons. The molecule has 1 aromatic carbocycles. The zero-order valence-electron chi connectivity index (χ0n) is 14.1. The highest BCUT2D eigenvalue weighted by Gasteiger charge is 2.45. The molecule has 1 unspecified atom stereocenters. The molecule has 1 aliphatic heterocycles. The van der Waals surface area contributed by atoms with Gasteiger partial charge in [0.05, 0.1) is 5.92 Å². The van der Waals surface area contributed by atoms with Crippen LogP contribution in [0.4, 0.5) is 0 Å². The molecule has 5 nitrogen and oxygen atoms in total. The summed E-state index contributed by atoms with van der Waals surface area (Å²) >= 11 is 0. The minimum atomic E-state index is 0.125. The van der Waals surface area contributed by atoms with Gasteiger partial charge in [-0.2, -0.15) is 4.98 Å². The Bertz CT molecular complexity index is 721. The van der Waals surface area contributed by atoms with E-state index in [-0.39, 0.29) is 17.2 Å². The van der Waals surface area contributed by atoms with E-state index >= 15 is 0 Å². The van der Waals surface area contributed by atoms with Gasteiger partial charge in [0.25, 0.3) is 0 Å². The first-order chi connectivity index (χ1) is 11.7. The summed E-state index contributed by atoms with van der Waals surface area (Å²) in [5.74, 6) is 1.79. The smallest absolute Gasteiger partial charge is 0.231 e. The number of likely N-dealkylation sites (tertiary alicyclic amines) is 1. The number of amides is 1. The van der Waals surface area contributed by atoms with E-state index in [4.69, 9.17) is 4.52 Å². The predicted molar refractivity (Wildman–Crippen MR) is 89.6 cm³/mol. The van der Waals surface area contributed by atoms with E-state index in [1.165, 1.54) is 18.4 Å². The third kappa shape index (κ3) is 2.95. The summed E-state index contributed by atoms with van der Waals surface area (Å²) in [6.45, 7) is 3.16. The summed E-state index contributed by atoms with van der Waals surface area (Å²) in [4.78, 5) is 18.1. The van der Waals surface area contributed by atoms with Crippen molar-refractivity contribution in [3.05, 3.63) is 47.6 Å². The van der Waals surface area contributed by atoms with E-state index < -0.39 is 0 Å². The Morgan fingerprint density at radius 1 is 1.33 bits per heavy atom. The molecule has 126 valence electrons. The molecule has 4 rings (SSSR count). The van der Waals surface area contributed by atoms with Crippen molar-refractivity contribution in [3.8, 4) is 0 Å². The van der Waals surface area contributed by atoms with E-state index in [9.17, 15) is 4.79 Å². The zero-order valence-corrected chi connectivity index (χ0v) is 14.1. The Balaban J connectivity index is 1.47. The van der Waals surface area contributed by atoms with Gasteiger partial charge in [-0.15, -0.1) is 0 Å². The molecule has 0 spiro atoms. The number of rotatable bonds is 4. The van der Waals surface area contributed by atoms with Gasteiger partial charge < -0.3 is 9.42 Å². The van der Waals surface area contributed by atoms with Gasteiger partial charge in [-0.25, -0.2) is 0 Å². The third-order valence-corrected chi connectivity index (χ3v) is 5.44. The number of benzene rings is 1. The van der Waals surface area contributed by atoms with E-state index in [0.29, 0.717) is 12.4 Å². The van der Waals surface area contributed by atoms with E-state index in [0.717, 1.165) is 31.6 Å². The summed E-state index contributed by atoms with van der Waals surface area (Å²) in [5, 5.41) is 4.22. The van der Waals surface area contributed by atoms with Gasteiger partial charge in [-0.05, 0) is 31.2 Å². The standard InChI is InChI=1S/C19H23N3O2/c1-14(23)22-11-5-6-15(13-22)18-20-17(21-24-18)12-19(9-10-19)16-7-3-2-4-8-16/h2-4,7-8,15H,5-6,9-13H2,1H3. The fourth-order valence-electron chi connectivity index (χ4n) is 3.78. The fraction of sp³-hybridized carbons (Fsp3) is 0.526. The molecule has 2 fully saturated rings. The summed E-state index contributed by atoms with van der Waals surface area (Å²) < 4.78 is 5.54. The van der Waals surface area contributed by atoms with Crippen LogP contribution in [-0.4, -0.2) is 34.0 Å². The number of carbonyl (C=O) groups is 1. The Hall–Kier alpha value is -2.17. The number of nitrogens with zero attached hydrogens (tertiary/aromatic N) is 3. The first kappa shape index (κ1) is 15.4. The number of hydrogen-bond donors (Lipinski definition) is 0. The summed E-state index contributed by atoms with van der Waals surface area (Å²) in [5.41, 5.74) is 1.57. The van der Waals surface area contributed by atoms with Gasteiger partial charge in [-0.3, -0.25) is 4.79 Å². The topological polar surface area (TPSA) is 59.2 Å². The Morgan fingerprint density at radius 3 is 2.83 bits per heavy atom. The van der Waals surface area contributed by atoms with Crippen molar-refractivity contribution in [1.82, 2.24) is 15.0 Å². The van der Waals surface area contributed by atoms with Gasteiger partial charge in [0.15, 0.2) is 5.82 Å². The van der Waals surface area contributed by atoms with Crippen LogP contribution < -0.4 is 0 Å². The third-order valence-electron chi connectivity index (χ3n) is 5.44. The van der Waals surface area contributed by atoms with Crippen molar-refractivity contribution in [2.75, 3.05) is 13.1 Å². The summed E-state index contributed by atoms with van der Waals surface area (Å²) in [7, 11) is 0. The number of hydrogen-bond acceptors (Lipinski definition) is 4. The molecule has 1 amide bonds. The maximum atomic E-state index is 11.6. The van der Waals surface area contributed by atoms with E-state index in [1.54, 1.807) is 6.92 Å². The molecule has 2 heterocycles.